The van der Waals surface area contributed by atoms with Gasteiger partial charge in [0.05, 0.1) is 5.56 Å². The summed E-state index contributed by atoms with van der Waals surface area (Å²) in [4.78, 5) is 35.1. The van der Waals surface area contributed by atoms with Gasteiger partial charge in [0.25, 0.3) is 5.91 Å². The Bertz CT molecular complexity index is 953. The zero-order chi connectivity index (χ0) is 20.2. The minimum Gasteiger partial charge on any atom is -0.351 e. The van der Waals surface area contributed by atoms with Crippen molar-refractivity contribution in [1.29, 1.82) is 0 Å². The summed E-state index contributed by atoms with van der Waals surface area (Å²) in [7, 11) is 0. The first-order valence-corrected chi connectivity index (χ1v) is 9.62. The molecule has 0 radical (unpaired) electrons. The van der Waals surface area contributed by atoms with Crippen molar-refractivity contribution in [2.45, 2.75) is 64.6 Å². The van der Waals surface area contributed by atoms with E-state index in [0.717, 1.165) is 16.5 Å². The zero-order valence-electron chi connectivity index (χ0n) is 16.2. The van der Waals surface area contributed by atoms with E-state index in [2.05, 4.69) is 15.3 Å². The molecular weight excluding hydrogens is 366 g/mol. The molecule has 1 aliphatic carbocycles. The van der Waals surface area contributed by atoms with Crippen molar-refractivity contribution in [2.75, 3.05) is 0 Å². The number of aryl methyl sites for hydroxylation is 1. The number of aromatic amines is 1. The number of halogens is 2. The maximum absolute atomic E-state index is 13.5. The highest BCUT2D eigenvalue weighted by Crippen LogP contribution is 2.36. The van der Waals surface area contributed by atoms with Crippen LogP contribution < -0.4 is 5.32 Å². The Hall–Kier alpha value is -2.51. The van der Waals surface area contributed by atoms with Crippen LogP contribution in [0.25, 0.3) is 11.0 Å². The number of amides is 2. The van der Waals surface area contributed by atoms with Crippen molar-refractivity contribution in [3.63, 3.8) is 0 Å². The van der Waals surface area contributed by atoms with Crippen molar-refractivity contribution >= 4 is 22.8 Å². The SMILES string of the molecule is Cc1cnc2[nH]cc3c2c1CN(C(C(=O)NC1CCC(F)(F)C1)C(C)C)C3=O. The molecule has 2 amide bonds. The molecule has 2 aromatic rings. The molecule has 0 spiro atoms. The summed E-state index contributed by atoms with van der Waals surface area (Å²) in [6.07, 6.45) is 3.07. The number of H-pyrrole nitrogens is 1. The van der Waals surface area contributed by atoms with Crippen LogP contribution in [0.4, 0.5) is 8.78 Å². The van der Waals surface area contributed by atoms with Gasteiger partial charge in [-0.05, 0) is 30.4 Å². The second-order valence-electron chi connectivity index (χ2n) is 8.27. The maximum atomic E-state index is 13.5. The van der Waals surface area contributed by atoms with E-state index in [9.17, 15) is 18.4 Å². The third-order valence-corrected chi connectivity index (χ3v) is 5.83. The number of nitrogens with zero attached hydrogens (tertiary/aromatic N) is 2. The van der Waals surface area contributed by atoms with Gasteiger partial charge in [0, 0.05) is 43.2 Å². The summed E-state index contributed by atoms with van der Waals surface area (Å²) in [5.41, 5.74) is 3.07. The topological polar surface area (TPSA) is 78.1 Å². The molecule has 28 heavy (non-hydrogen) atoms. The standard InChI is InChI=1S/C20H24F2N4O2/c1-10(2)16(18(27)25-12-4-5-20(21,22)6-12)26-9-14-11(3)7-23-17-15(14)13(8-24-17)19(26)28/h7-8,10,12,16H,4-6,9H2,1-3H3,(H,23,24)(H,25,27). The average molecular weight is 390 g/mol. The van der Waals surface area contributed by atoms with Gasteiger partial charge < -0.3 is 15.2 Å². The molecule has 0 aromatic carbocycles. The van der Waals surface area contributed by atoms with Gasteiger partial charge in [-0.15, -0.1) is 0 Å². The Morgan fingerprint density at radius 3 is 2.82 bits per heavy atom. The van der Waals surface area contributed by atoms with Crippen LogP contribution in [0.1, 0.15) is 54.6 Å². The van der Waals surface area contributed by atoms with Crippen LogP contribution in [-0.2, 0) is 11.3 Å². The number of carbonyl (C=O) groups is 2. The first-order valence-electron chi connectivity index (χ1n) is 9.62. The molecule has 6 nitrogen and oxygen atoms in total. The summed E-state index contributed by atoms with van der Waals surface area (Å²) >= 11 is 0. The minimum atomic E-state index is -2.73. The van der Waals surface area contributed by atoms with Crippen LogP contribution in [0.2, 0.25) is 0 Å². The summed E-state index contributed by atoms with van der Waals surface area (Å²) in [5.74, 6) is -3.50. The van der Waals surface area contributed by atoms with Crippen molar-refractivity contribution in [1.82, 2.24) is 20.2 Å². The highest BCUT2D eigenvalue weighted by Gasteiger charge is 2.43. The Morgan fingerprint density at radius 2 is 2.18 bits per heavy atom. The van der Waals surface area contributed by atoms with Gasteiger partial charge in [-0.25, -0.2) is 13.8 Å². The normalized spacial score (nSPS) is 22.1. The highest BCUT2D eigenvalue weighted by atomic mass is 19.3. The van der Waals surface area contributed by atoms with Crippen LogP contribution in [0.3, 0.4) is 0 Å². The van der Waals surface area contributed by atoms with Gasteiger partial charge >= 0.3 is 0 Å². The number of aromatic nitrogens is 2. The van der Waals surface area contributed by atoms with Gasteiger partial charge in [-0.1, -0.05) is 13.8 Å². The first kappa shape index (κ1) is 18.8. The van der Waals surface area contributed by atoms with E-state index in [1.165, 1.54) is 0 Å². The molecule has 150 valence electrons. The lowest BCUT2D eigenvalue weighted by atomic mass is 9.94. The van der Waals surface area contributed by atoms with Gasteiger partial charge in [0.2, 0.25) is 11.8 Å². The van der Waals surface area contributed by atoms with E-state index >= 15 is 0 Å². The second kappa shape index (κ2) is 6.53. The quantitative estimate of drug-likeness (QED) is 0.842. The number of alkyl halides is 2. The summed E-state index contributed by atoms with van der Waals surface area (Å²) < 4.78 is 27.0. The summed E-state index contributed by atoms with van der Waals surface area (Å²) in [6.45, 7) is 5.95. The van der Waals surface area contributed by atoms with Crippen LogP contribution >= 0.6 is 0 Å². The lowest BCUT2D eigenvalue weighted by Crippen LogP contribution is -2.54. The van der Waals surface area contributed by atoms with E-state index in [0.29, 0.717) is 17.8 Å². The fourth-order valence-electron chi connectivity index (χ4n) is 4.41. The molecule has 8 heteroatoms. The molecule has 0 bridgehead atoms. The molecule has 1 fully saturated rings. The summed E-state index contributed by atoms with van der Waals surface area (Å²) in [6, 6.07) is -1.28. The molecule has 2 unspecified atom stereocenters. The molecule has 2 atom stereocenters. The number of hydrogen-bond donors (Lipinski definition) is 2. The number of carbonyl (C=O) groups excluding carboxylic acids is 2. The van der Waals surface area contributed by atoms with Crippen molar-refractivity contribution in [3.05, 3.63) is 29.1 Å². The number of pyridine rings is 1. The average Bonchev–Trinajstić information content (AvgIpc) is 3.18. The largest absolute Gasteiger partial charge is 0.351 e. The minimum absolute atomic E-state index is 0.163. The third-order valence-electron chi connectivity index (χ3n) is 5.83. The van der Waals surface area contributed by atoms with Crippen molar-refractivity contribution < 1.29 is 18.4 Å². The Balaban J connectivity index is 1.63. The van der Waals surface area contributed by atoms with Gasteiger partial charge in [0.15, 0.2) is 0 Å². The molecule has 3 heterocycles. The predicted octanol–water partition coefficient (Wildman–Crippen LogP) is 3.16. The summed E-state index contributed by atoms with van der Waals surface area (Å²) in [5, 5.41) is 3.56. The van der Waals surface area contributed by atoms with Crippen molar-refractivity contribution in [3.8, 4) is 0 Å². The maximum Gasteiger partial charge on any atom is 0.257 e. The molecule has 2 aromatic heterocycles. The fraction of sp³-hybridized carbons (Fsp3) is 0.550. The first-order chi connectivity index (χ1) is 13.2. The molecule has 1 saturated carbocycles. The Kier molecular flexibility index (Phi) is 4.39. The zero-order valence-corrected chi connectivity index (χ0v) is 16.2. The smallest absolute Gasteiger partial charge is 0.257 e. The van der Waals surface area contributed by atoms with E-state index in [4.69, 9.17) is 0 Å². The van der Waals surface area contributed by atoms with Gasteiger partial charge in [-0.3, -0.25) is 9.59 Å². The molecule has 2 aliphatic rings. The highest BCUT2D eigenvalue weighted by molar-refractivity contribution is 6.10. The number of rotatable bonds is 4. The van der Waals surface area contributed by atoms with E-state index in [-0.39, 0.29) is 37.0 Å². The van der Waals surface area contributed by atoms with Crippen LogP contribution in [0.5, 0.6) is 0 Å². The lowest BCUT2D eigenvalue weighted by Gasteiger charge is -2.36. The third kappa shape index (κ3) is 3.04. The van der Waals surface area contributed by atoms with Crippen LogP contribution in [0, 0.1) is 12.8 Å². The Labute approximate surface area is 161 Å². The monoisotopic (exact) mass is 390 g/mol. The number of hydrogen-bond acceptors (Lipinski definition) is 3. The molecule has 2 N–H and O–H groups in total. The fourth-order valence-corrected chi connectivity index (χ4v) is 4.41. The molecule has 1 aliphatic heterocycles. The van der Waals surface area contributed by atoms with Crippen LogP contribution in [0.15, 0.2) is 12.4 Å². The van der Waals surface area contributed by atoms with E-state index < -0.39 is 18.0 Å². The molecule has 0 saturated heterocycles. The van der Waals surface area contributed by atoms with Crippen molar-refractivity contribution in [2.24, 2.45) is 5.92 Å². The van der Waals surface area contributed by atoms with Gasteiger partial charge in [0.1, 0.15) is 11.7 Å². The predicted molar refractivity (Wildman–Crippen MR) is 100 cm³/mol. The molecular formula is C20H24F2N4O2. The van der Waals surface area contributed by atoms with E-state index in [1.807, 2.05) is 20.8 Å². The van der Waals surface area contributed by atoms with Gasteiger partial charge in [-0.2, -0.15) is 0 Å². The van der Waals surface area contributed by atoms with Crippen LogP contribution in [-0.4, -0.2) is 44.7 Å². The Morgan fingerprint density at radius 1 is 1.43 bits per heavy atom. The van der Waals surface area contributed by atoms with E-state index in [1.54, 1.807) is 17.3 Å². The number of nitrogens with one attached hydrogen (secondary N) is 2. The molecule has 4 rings (SSSR count). The lowest BCUT2D eigenvalue weighted by molar-refractivity contribution is -0.128. The second-order valence-corrected chi connectivity index (χ2v) is 8.27.